The number of alkyl halides is 3. The number of piperidine rings is 1. The fourth-order valence-corrected chi connectivity index (χ4v) is 3.03. The van der Waals surface area contributed by atoms with Gasteiger partial charge in [0.05, 0.1) is 11.9 Å². The van der Waals surface area contributed by atoms with Gasteiger partial charge in [0.15, 0.2) is 0 Å². The molecule has 2 N–H and O–H groups in total. The molecule has 134 valence electrons. The normalized spacial score (nSPS) is 21.1. The second-order valence-electron chi connectivity index (χ2n) is 6.23. The van der Waals surface area contributed by atoms with E-state index in [2.05, 4.69) is 22.7 Å². The summed E-state index contributed by atoms with van der Waals surface area (Å²) in [6.07, 6.45) is -1.78. The molecule has 25 heavy (non-hydrogen) atoms. The van der Waals surface area contributed by atoms with Gasteiger partial charge in [-0.1, -0.05) is 6.07 Å². The Bertz CT molecular complexity index is 756. The molecule has 1 fully saturated rings. The van der Waals surface area contributed by atoms with E-state index in [1.165, 1.54) is 12.1 Å². The number of nitrogens with one attached hydrogen (secondary N) is 2. The van der Waals surface area contributed by atoms with Crippen molar-refractivity contribution in [3.05, 3.63) is 47.8 Å². The molecule has 3 rings (SSSR count). The van der Waals surface area contributed by atoms with Crippen LogP contribution in [0.5, 0.6) is 0 Å². The van der Waals surface area contributed by atoms with E-state index in [4.69, 9.17) is 0 Å². The molecule has 0 spiro atoms. The zero-order valence-electron chi connectivity index (χ0n) is 13.7. The largest absolute Gasteiger partial charge is 0.433 e. The van der Waals surface area contributed by atoms with Gasteiger partial charge in [0.25, 0.3) is 5.91 Å². The van der Waals surface area contributed by atoms with Crippen molar-refractivity contribution in [1.29, 1.82) is 0 Å². The van der Waals surface area contributed by atoms with Gasteiger partial charge in [-0.05, 0) is 50.6 Å². The number of halogens is 3. The summed E-state index contributed by atoms with van der Waals surface area (Å²) in [6, 6.07) is 7.33. The maximum absolute atomic E-state index is 13.0. The third-order valence-corrected chi connectivity index (χ3v) is 4.24. The Morgan fingerprint density at radius 2 is 2.16 bits per heavy atom. The molecule has 1 aromatic carbocycles. The highest BCUT2D eigenvalue weighted by atomic mass is 19.4. The van der Waals surface area contributed by atoms with Gasteiger partial charge in [-0.15, -0.1) is 0 Å². The monoisotopic (exact) mass is 352 g/mol. The van der Waals surface area contributed by atoms with Crippen LogP contribution in [-0.2, 0) is 6.18 Å². The van der Waals surface area contributed by atoms with Crippen LogP contribution >= 0.6 is 0 Å². The van der Waals surface area contributed by atoms with Gasteiger partial charge in [0.2, 0.25) is 0 Å². The van der Waals surface area contributed by atoms with Crippen LogP contribution in [0.25, 0.3) is 5.69 Å². The van der Waals surface area contributed by atoms with Crippen LogP contribution in [0, 0.1) is 0 Å². The van der Waals surface area contributed by atoms with Gasteiger partial charge in [0.1, 0.15) is 5.69 Å². The SMILES string of the molecule is CC1CC(NC(=O)c2cccc(-n3nccc3C(F)(F)F)c2)CCN1. The highest BCUT2D eigenvalue weighted by Crippen LogP contribution is 2.30. The van der Waals surface area contributed by atoms with Gasteiger partial charge in [-0.25, -0.2) is 4.68 Å². The Kier molecular flexibility index (Phi) is 4.80. The number of hydrogen-bond donors (Lipinski definition) is 2. The highest BCUT2D eigenvalue weighted by molar-refractivity contribution is 5.94. The molecule has 0 aliphatic carbocycles. The molecule has 0 bridgehead atoms. The fourth-order valence-electron chi connectivity index (χ4n) is 3.03. The predicted molar refractivity (Wildman–Crippen MR) is 86.5 cm³/mol. The molecule has 8 heteroatoms. The lowest BCUT2D eigenvalue weighted by molar-refractivity contribution is -0.142. The molecule has 5 nitrogen and oxygen atoms in total. The van der Waals surface area contributed by atoms with Crippen molar-refractivity contribution in [2.24, 2.45) is 0 Å². The van der Waals surface area contributed by atoms with Gasteiger partial charge in [-0.3, -0.25) is 4.79 Å². The second-order valence-corrected chi connectivity index (χ2v) is 6.23. The molecule has 1 aliphatic heterocycles. The lowest BCUT2D eigenvalue weighted by atomic mass is 10.00. The summed E-state index contributed by atoms with van der Waals surface area (Å²) in [5.41, 5.74) is -0.367. The van der Waals surface area contributed by atoms with Crippen LogP contribution in [0.15, 0.2) is 36.5 Å². The molecule has 1 saturated heterocycles. The summed E-state index contributed by atoms with van der Waals surface area (Å²) in [6.45, 7) is 2.88. The van der Waals surface area contributed by atoms with E-state index in [0.29, 0.717) is 11.6 Å². The van der Waals surface area contributed by atoms with Crippen molar-refractivity contribution in [1.82, 2.24) is 20.4 Å². The quantitative estimate of drug-likeness (QED) is 0.893. The first kappa shape index (κ1) is 17.5. The Balaban J connectivity index is 1.80. The Labute approximate surface area is 143 Å². The van der Waals surface area contributed by atoms with E-state index < -0.39 is 11.9 Å². The van der Waals surface area contributed by atoms with E-state index in [0.717, 1.165) is 36.3 Å². The smallest absolute Gasteiger partial charge is 0.349 e. The van der Waals surface area contributed by atoms with Crippen LogP contribution in [-0.4, -0.2) is 34.3 Å². The summed E-state index contributed by atoms with van der Waals surface area (Å²) in [5.74, 6) is -0.290. The topological polar surface area (TPSA) is 59.0 Å². The summed E-state index contributed by atoms with van der Waals surface area (Å²) < 4.78 is 39.9. The third-order valence-electron chi connectivity index (χ3n) is 4.24. The number of rotatable bonds is 3. The van der Waals surface area contributed by atoms with Crippen LogP contribution in [0.1, 0.15) is 35.8 Å². The van der Waals surface area contributed by atoms with Crippen LogP contribution in [0.2, 0.25) is 0 Å². The number of nitrogens with zero attached hydrogens (tertiary/aromatic N) is 2. The van der Waals surface area contributed by atoms with E-state index in [-0.39, 0.29) is 17.6 Å². The summed E-state index contributed by atoms with van der Waals surface area (Å²) in [5, 5.41) is 9.99. The zero-order chi connectivity index (χ0) is 18.0. The van der Waals surface area contributed by atoms with Crippen molar-refractivity contribution < 1.29 is 18.0 Å². The maximum atomic E-state index is 13.0. The molecule has 0 saturated carbocycles. The third kappa shape index (κ3) is 4.01. The average Bonchev–Trinajstić information content (AvgIpc) is 3.05. The highest BCUT2D eigenvalue weighted by Gasteiger charge is 2.35. The molecule has 2 aromatic rings. The van der Waals surface area contributed by atoms with Gasteiger partial charge < -0.3 is 10.6 Å². The van der Waals surface area contributed by atoms with Crippen molar-refractivity contribution >= 4 is 5.91 Å². The molecule has 2 atom stereocenters. The first-order chi connectivity index (χ1) is 11.8. The Hall–Kier alpha value is -2.35. The van der Waals surface area contributed by atoms with Crippen molar-refractivity contribution in [3.8, 4) is 5.69 Å². The summed E-state index contributed by atoms with van der Waals surface area (Å²) in [4.78, 5) is 12.4. The Morgan fingerprint density at radius 3 is 2.88 bits per heavy atom. The van der Waals surface area contributed by atoms with E-state index >= 15 is 0 Å². The minimum atomic E-state index is -4.51. The predicted octanol–water partition coefficient (Wildman–Crippen LogP) is 2.76. The lowest BCUT2D eigenvalue weighted by Crippen LogP contribution is -2.46. The lowest BCUT2D eigenvalue weighted by Gasteiger charge is -2.28. The Morgan fingerprint density at radius 1 is 1.36 bits per heavy atom. The first-order valence-electron chi connectivity index (χ1n) is 8.10. The van der Waals surface area contributed by atoms with E-state index in [9.17, 15) is 18.0 Å². The fraction of sp³-hybridized carbons (Fsp3) is 0.412. The summed E-state index contributed by atoms with van der Waals surface area (Å²) in [7, 11) is 0. The number of benzene rings is 1. The number of carbonyl (C=O) groups excluding carboxylic acids is 1. The molecule has 2 unspecified atom stereocenters. The molecule has 0 radical (unpaired) electrons. The van der Waals surface area contributed by atoms with Crippen molar-refractivity contribution in [2.45, 2.75) is 38.0 Å². The number of hydrogen-bond acceptors (Lipinski definition) is 3. The van der Waals surface area contributed by atoms with Crippen LogP contribution in [0.4, 0.5) is 13.2 Å². The van der Waals surface area contributed by atoms with Gasteiger partial charge >= 0.3 is 6.18 Å². The minimum Gasteiger partial charge on any atom is -0.349 e. The van der Waals surface area contributed by atoms with Crippen molar-refractivity contribution in [3.63, 3.8) is 0 Å². The van der Waals surface area contributed by atoms with Crippen LogP contribution in [0.3, 0.4) is 0 Å². The average molecular weight is 352 g/mol. The van der Waals surface area contributed by atoms with E-state index in [1.54, 1.807) is 12.1 Å². The van der Waals surface area contributed by atoms with E-state index in [1.807, 2.05) is 0 Å². The molecular formula is C17H19F3N4O. The summed E-state index contributed by atoms with van der Waals surface area (Å²) >= 11 is 0. The number of aromatic nitrogens is 2. The first-order valence-corrected chi connectivity index (χ1v) is 8.10. The molecule has 1 aromatic heterocycles. The van der Waals surface area contributed by atoms with Gasteiger partial charge in [0, 0.05) is 17.6 Å². The van der Waals surface area contributed by atoms with Gasteiger partial charge in [-0.2, -0.15) is 18.3 Å². The zero-order valence-corrected chi connectivity index (χ0v) is 13.7. The maximum Gasteiger partial charge on any atom is 0.433 e. The van der Waals surface area contributed by atoms with Crippen LogP contribution < -0.4 is 10.6 Å². The molecule has 1 aliphatic rings. The second kappa shape index (κ2) is 6.87. The van der Waals surface area contributed by atoms with Crippen molar-refractivity contribution in [2.75, 3.05) is 6.54 Å². The molecular weight excluding hydrogens is 333 g/mol. The number of amides is 1. The minimum absolute atomic E-state index is 0.0582. The molecule has 2 heterocycles. The standard InChI is InChI=1S/C17H19F3N4O/c1-11-9-13(5-7-21-11)23-16(25)12-3-2-4-14(10-12)24-15(6-8-22-24)17(18,19)20/h2-4,6,8,10-11,13,21H,5,7,9H2,1H3,(H,23,25). The number of carbonyl (C=O) groups is 1. The molecule has 1 amide bonds.